The molecule has 1 N–H and O–H groups in total. The fraction of sp³-hybridized carbons (Fsp3) is 0.417. The SMILES string of the molecule is C=CCC.CCc1ccccc1.Oc1ccc(C2CCCCC2)cc1. The van der Waals surface area contributed by atoms with Crippen LogP contribution in [0.2, 0.25) is 0 Å². The monoisotopic (exact) mass is 338 g/mol. The first kappa shape index (κ1) is 21.0. The first-order valence-electron chi connectivity index (χ1n) is 9.65. The van der Waals surface area contributed by atoms with Crippen LogP contribution in [0.3, 0.4) is 0 Å². The van der Waals surface area contributed by atoms with E-state index in [9.17, 15) is 0 Å². The van der Waals surface area contributed by atoms with Gasteiger partial charge in [-0.1, -0.05) is 81.7 Å². The predicted octanol–water partition coefficient (Wildman–Crippen LogP) is 7.27. The molecular weight excluding hydrogens is 304 g/mol. The molecule has 0 unspecified atom stereocenters. The van der Waals surface area contributed by atoms with Crippen LogP contribution in [-0.2, 0) is 6.42 Å². The molecule has 2 aromatic carbocycles. The molecule has 0 bridgehead atoms. The van der Waals surface area contributed by atoms with Gasteiger partial charge in [0.2, 0.25) is 0 Å². The number of hydrogen-bond acceptors (Lipinski definition) is 1. The maximum atomic E-state index is 9.16. The zero-order valence-corrected chi connectivity index (χ0v) is 16.0. The van der Waals surface area contributed by atoms with Crippen molar-refractivity contribution in [3.05, 3.63) is 78.4 Å². The first-order chi connectivity index (χ1) is 12.2. The number of aryl methyl sites for hydroxylation is 1. The summed E-state index contributed by atoms with van der Waals surface area (Å²) in [5, 5.41) is 9.16. The summed E-state index contributed by atoms with van der Waals surface area (Å²) < 4.78 is 0. The van der Waals surface area contributed by atoms with Crippen LogP contribution in [0.5, 0.6) is 5.75 Å². The van der Waals surface area contributed by atoms with Crippen LogP contribution in [0.4, 0.5) is 0 Å². The van der Waals surface area contributed by atoms with E-state index in [0.29, 0.717) is 5.75 Å². The van der Waals surface area contributed by atoms with Crippen LogP contribution in [0.15, 0.2) is 67.3 Å². The van der Waals surface area contributed by atoms with Gasteiger partial charge >= 0.3 is 0 Å². The van der Waals surface area contributed by atoms with Crippen molar-refractivity contribution >= 4 is 0 Å². The summed E-state index contributed by atoms with van der Waals surface area (Å²) in [7, 11) is 0. The van der Waals surface area contributed by atoms with Gasteiger partial charge < -0.3 is 5.11 Å². The van der Waals surface area contributed by atoms with Crippen molar-refractivity contribution in [2.45, 2.75) is 64.7 Å². The van der Waals surface area contributed by atoms with Crippen LogP contribution in [-0.4, -0.2) is 5.11 Å². The molecule has 0 saturated heterocycles. The van der Waals surface area contributed by atoms with Gasteiger partial charge in [0, 0.05) is 0 Å². The van der Waals surface area contributed by atoms with E-state index in [1.54, 1.807) is 12.1 Å². The Bertz CT molecular complexity index is 550. The molecule has 0 atom stereocenters. The van der Waals surface area contributed by atoms with E-state index in [-0.39, 0.29) is 0 Å². The largest absolute Gasteiger partial charge is 0.508 e. The summed E-state index contributed by atoms with van der Waals surface area (Å²) in [5.41, 5.74) is 2.81. The molecule has 0 radical (unpaired) electrons. The number of phenols is 1. The van der Waals surface area contributed by atoms with E-state index in [1.807, 2.05) is 12.1 Å². The highest BCUT2D eigenvalue weighted by Gasteiger charge is 2.14. The molecule has 0 heterocycles. The highest BCUT2D eigenvalue weighted by atomic mass is 16.3. The van der Waals surface area contributed by atoms with Crippen LogP contribution >= 0.6 is 0 Å². The van der Waals surface area contributed by atoms with Crippen LogP contribution in [0, 0.1) is 0 Å². The topological polar surface area (TPSA) is 20.2 Å². The molecule has 0 aromatic heterocycles. The molecular formula is C24H34O. The lowest BCUT2D eigenvalue weighted by atomic mass is 9.84. The first-order valence-corrected chi connectivity index (χ1v) is 9.65. The second-order valence-electron chi connectivity index (χ2n) is 6.46. The summed E-state index contributed by atoms with van der Waals surface area (Å²) >= 11 is 0. The van der Waals surface area contributed by atoms with E-state index < -0.39 is 0 Å². The minimum atomic E-state index is 0.375. The summed E-state index contributed by atoms with van der Waals surface area (Å²) in [6, 6.07) is 18.2. The Balaban J connectivity index is 0.000000223. The average Bonchev–Trinajstić information content (AvgIpc) is 2.70. The lowest BCUT2D eigenvalue weighted by Gasteiger charge is -2.21. The van der Waals surface area contributed by atoms with Crippen molar-refractivity contribution in [2.75, 3.05) is 0 Å². The van der Waals surface area contributed by atoms with Gasteiger partial charge in [0.05, 0.1) is 0 Å². The normalized spacial score (nSPS) is 13.7. The molecule has 1 aliphatic carbocycles. The molecule has 0 aliphatic heterocycles. The Morgan fingerprint density at radius 1 is 0.920 bits per heavy atom. The van der Waals surface area contributed by atoms with Crippen LogP contribution in [0.25, 0.3) is 0 Å². The van der Waals surface area contributed by atoms with E-state index in [0.717, 1.165) is 18.8 Å². The van der Waals surface area contributed by atoms with Gasteiger partial charge in [-0.25, -0.2) is 0 Å². The number of phenolic OH excluding ortho intramolecular Hbond substituents is 1. The van der Waals surface area contributed by atoms with Crippen molar-refractivity contribution in [3.63, 3.8) is 0 Å². The highest BCUT2D eigenvalue weighted by Crippen LogP contribution is 2.32. The van der Waals surface area contributed by atoms with Crippen molar-refractivity contribution in [3.8, 4) is 5.75 Å². The lowest BCUT2D eigenvalue weighted by Crippen LogP contribution is -2.03. The molecule has 0 spiro atoms. The Labute approximate surface area is 154 Å². The van der Waals surface area contributed by atoms with E-state index in [1.165, 1.54) is 43.2 Å². The zero-order chi connectivity index (χ0) is 18.3. The van der Waals surface area contributed by atoms with Crippen LogP contribution in [0.1, 0.15) is 69.4 Å². The number of hydrogen-bond donors (Lipinski definition) is 1. The van der Waals surface area contributed by atoms with Gasteiger partial charge in [0.25, 0.3) is 0 Å². The number of allylic oxidation sites excluding steroid dienone is 1. The second-order valence-corrected chi connectivity index (χ2v) is 6.46. The quantitative estimate of drug-likeness (QED) is 0.583. The Kier molecular flexibility index (Phi) is 11.2. The minimum Gasteiger partial charge on any atom is -0.508 e. The van der Waals surface area contributed by atoms with E-state index >= 15 is 0 Å². The fourth-order valence-electron chi connectivity index (χ4n) is 2.90. The Hall–Kier alpha value is -2.02. The van der Waals surface area contributed by atoms with Crippen LogP contribution < -0.4 is 0 Å². The highest BCUT2D eigenvalue weighted by molar-refractivity contribution is 5.28. The van der Waals surface area contributed by atoms with E-state index in [4.69, 9.17) is 5.11 Å². The third-order valence-corrected chi connectivity index (χ3v) is 4.51. The van der Waals surface area contributed by atoms with Crippen molar-refractivity contribution < 1.29 is 5.11 Å². The molecule has 0 amide bonds. The van der Waals surface area contributed by atoms with Gasteiger partial charge in [0.15, 0.2) is 0 Å². The van der Waals surface area contributed by atoms with Gasteiger partial charge in [-0.15, -0.1) is 6.58 Å². The van der Waals surface area contributed by atoms with Gasteiger partial charge in [-0.3, -0.25) is 0 Å². The third-order valence-electron chi connectivity index (χ3n) is 4.51. The molecule has 1 aliphatic rings. The molecule has 1 saturated carbocycles. The smallest absolute Gasteiger partial charge is 0.115 e. The third kappa shape index (κ3) is 9.14. The molecule has 3 rings (SSSR count). The van der Waals surface area contributed by atoms with Gasteiger partial charge in [-0.05, 0) is 54.9 Å². The number of rotatable bonds is 3. The molecule has 2 aromatic rings. The van der Waals surface area contributed by atoms with Gasteiger partial charge in [-0.2, -0.15) is 0 Å². The second kappa shape index (κ2) is 13.3. The lowest BCUT2D eigenvalue weighted by molar-refractivity contribution is 0.442. The van der Waals surface area contributed by atoms with Crippen molar-refractivity contribution in [1.82, 2.24) is 0 Å². The Morgan fingerprint density at radius 3 is 1.92 bits per heavy atom. The molecule has 1 nitrogen and oxygen atoms in total. The molecule has 136 valence electrons. The van der Waals surface area contributed by atoms with Gasteiger partial charge in [0.1, 0.15) is 5.75 Å². The predicted molar refractivity (Wildman–Crippen MR) is 110 cm³/mol. The molecule has 25 heavy (non-hydrogen) atoms. The average molecular weight is 339 g/mol. The number of benzene rings is 2. The summed E-state index contributed by atoms with van der Waals surface area (Å²) in [6.07, 6.45) is 10.9. The number of aromatic hydroxyl groups is 1. The Morgan fingerprint density at radius 2 is 1.48 bits per heavy atom. The summed E-state index contributed by atoms with van der Waals surface area (Å²) in [4.78, 5) is 0. The molecule has 1 heteroatoms. The van der Waals surface area contributed by atoms with E-state index in [2.05, 4.69) is 56.8 Å². The zero-order valence-electron chi connectivity index (χ0n) is 16.0. The minimum absolute atomic E-state index is 0.375. The standard InChI is InChI=1S/C12H16O.C8H10.C4H8/c13-12-8-6-11(7-9-12)10-4-2-1-3-5-10;1-2-8-6-4-3-5-7-8;1-3-4-2/h6-10,13H,1-5H2;3-7H,2H2,1H3;3H,1,4H2,2H3. The summed E-state index contributed by atoms with van der Waals surface area (Å²) in [5.74, 6) is 1.12. The van der Waals surface area contributed by atoms with Crippen molar-refractivity contribution in [2.24, 2.45) is 0 Å². The maximum Gasteiger partial charge on any atom is 0.115 e. The summed E-state index contributed by atoms with van der Waals surface area (Å²) in [6.45, 7) is 7.70. The molecule has 1 fully saturated rings. The fourth-order valence-corrected chi connectivity index (χ4v) is 2.90. The van der Waals surface area contributed by atoms with Crippen molar-refractivity contribution in [1.29, 1.82) is 0 Å². The maximum absolute atomic E-state index is 9.16.